The number of thiocarbonyl (C=S) groups is 1. The van der Waals surface area contributed by atoms with E-state index in [2.05, 4.69) is 32.2 Å². The molecule has 0 aliphatic heterocycles. The average Bonchev–Trinajstić information content (AvgIpc) is 2.26. The molecule has 0 saturated carbocycles. The normalized spacial score (nSPS) is 12.2. The molecule has 1 unspecified atom stereocenters. The van der Waals surface area contributed by atoms with Gasteiger partial charge in [0.2, 0.25) is 0 Å². The molecular weight excluding hydrogens is 216 g/mol. The first kappa shape index (κ1) is 13.0. The summed E-state index contributed by atoms with van der Waals surface area (Å²) in [6.45, 7) is 7.45. The lowest BCUT2D eigenvalue weighted by molar-refractivity contribution is 0.593. The fourth-order valence-electron chi connectivity index (χ4n) is 1.53. The van der Waals surface area contributed by atoms with Crippen LogP contribution in [0, 0.1) is 12.8 Å². The largest absolute Gasteiger partial charge is 0.389 e. The second-order valence-electron chi connectivity index (χ2n) is 4.26. The number of hydrogen-bond acceptors (Lipinski definition) is 2. The maximum atomic E-state index is 5.71. The Labute approximate surface area is 103 Å². The standard InChI is InChI=1S/C13H20N2S/c1-4-9(2)8-15-12-10(3)6-5-7-11(12)13(14)16/h5-7,9,15H,4,8H2,1-3H3,(H2,14,16). The van der Waals surface area contributed by atoms with Crippen LogP contribution in [0.15, 0.2) is 18.2 Å². The van der Waals surface area contributed by atoms with Gasteiger partial charge in [0, 0.05) is 17.8 Å². The number of rotatable bonds is 5. The van der Waals surface area contributed by atoms with Crippen LogP contribution < -0.4 is 11.1 Å². The molecule has 1 atom stereocenters. The van der Waals surface area contributed by atoms with Crippen molar-refractivity contribution in [3.05, 3.63) is 29.3 Å². The van der Waals surface area contributed by atoms with E-state index >= 15 is 0 Å². The molecule has 1 aromatic carbocycles. The van der Waals surface area contributed by atoms with Gasteiger partial charge < -0.3 is 11.1 Å². The minimum atomic E-state index is 0.454. The molecule has 3 N–H and O–H groups in total. The lowest BCUT2D eigenvalue weighted by Gasteiger charge is -2.16. The zero-order valence-electron chi connectivity index (χ0n) is 10.2. The summed E-state index contributed by atoms with van der Waals surface area (Å²) < 4.78 is 0. The Balaban J connectivity index is 2.88. The molecule has 88 valence electrons. The van der Waals surface area contributed by atoms with Gasteiger partial charge in [-0.25, -0.2) is 0 Å². The number of hydrogen-bond donors (Lipinski definition) is 2. The molecule has 3 heteroatoms. The van der Waals surface area contributed by atoms with Crippen LogP contribution in [0.5, 0.6) is 0 Å². The van der Waals surface area contributed by atoms with Gasteiger partial charge in [0.1, 0.15) is 4.99 Å². The highest BCUT2D eigenvalue weighted by molar-refractivity contribution is 7.80. The van der Waals surface area contributed by atoms with Crippen LogP contribution in [-0.2, 0) is 0 Å². The molecular formula is C13H20N2S. The van der Waals surface area contributed by atoms with Crippen LogP contribution in [0.1, 0.15) is 31.4 Å². The molecule has 0 amide bonds. The Kier molecular flexibility index (Phi) is 4.74. The van der Waals surface area contributed by atoms with Crippen molar-refractivity contribution in [3.63, 3.8) is 0 Å². The topological polar surface area (TPSA) is 38.0 Å². The molecule has 1 rings (SSSR count). The summed E-state index contributed by atoms with van der Waals surface area (Å²) in [5, 5.41) is 3.45. The van der Waals surface area contributed by atoms with Crippen molar-refractivity contribution in [1.82, 2.24) is 0 Å². The molecule has 2 nitrogen and oxygen atoms in total. The van der Waals surface area contributed by atoms with Crippen molar-refractivity contribution < 1.29 is 0 Å². The molecule has 0 spiro atoms. The van der Waals surface area contributed by atoms with Crippen molar-refractivity contribution >= 4 is 22.9 Å². The minimum absolute atomic E-state index is 0.454. The number of anilines is 1. The fourth-order valence-corrected chi connectivity index (χ4v) is 1.70. The summed E-state index contributed by atoms with van der Waals surface area (Å²) >= 11 is 5.06. The highest BCUT2D eigenvalue weighted by atomic mass is 32.1. The zero-order chi connectivity index (χ0) is 12.1. The molecule has 0 aromatic heterocycles. The lowest BCUT2D eigenvalue weighted by atomic mass is 10.1. The van der Waals surface area contributed by atoms with Gasteiger partial charge >= 0.3 is 0 Å². The SMILES string of the molecule is CCC(C)CNc1c(C)cccc1C(N)=S. The van der Waals surface area contributed by atoms with Crippen molar-refractivity contribution in [2.45, 2.75) is 27.2 Å². The second kappa shape index (κ2) is 5.85. The van der Waals surface area contributed by atoms with Crippen LogP contribution in [0.3, 0.4) is 0 Å². The Bertz CT molecular complexity index is 374. The number of benzene rings is 1. The van der Waals surface area contributed by atoms with Crippen LogP contribution in [-0.4, -0.2) is 11.5 Å². The number of aryl methyl sites for hydroxylation is 1. The maximum absolute atomic E-state index is 5.71. The van der Waals surface area contributed by atoms with E-state index < -0.39 is 0 Å². The van der Waals surface area contributed by atoms with Gasteiger partial charge in [0.25, 0.3) is 0 Å². The van der Waals surface area contributed by atoms with E-state index in [-0.39, 0.29) is 0 Å². The smallest absolute Gasteiger partial charge is 0.106 e. The monoisotopic (exact) mass is 236 g/mol. The molecule has 1 aromatic rings. The minimum Gasteiger partial charge on any atom is -0.389 e. The molecule has 0 saturated heterocycles. The molecule has 16 heavy (non-hydrogen) atoms. The quantitative estimate of drug-likeness (QED) is 0.772. The van der Waals surface area contributed by atoms with Crippen molar-refractivity contribution in [1.29, 1.82) is 0 Å². The number of para-hydroxylation sites is 1. The van der Waals surface area contributed by atoms with E-state index in [0.29, 0.717) is 10.9 Å². The summed E-state index contributed by atoms with van der Waals surface area (Å²) in [4.78, 5) is 0.454. The van der Waals surface area contributed by atoms with Crippen molar-refractivity contribution in [3.8, 4) is 0 Å². The molecule has 0 radical (unpaired) electrons. The highest BCUT2D eigenvalue weighted by Gasteiger charge is 2.08. The third-order valence-electron chi connectivity index (χ3n) is 2.86. The Morgan fingerprint density at radius 1 is 1.50 bits per heavy atom. The predicted molar refractivity (Wildman–Crippen MR) is 75.0 cm³/mol. The molecule has 0 bridgehead atoms. The van der Waals surface area contributed by atoms with Gasteiger partial charge in [0.05, 0.1) is 0 Å². The van der Waals surface area contributed by atoms with Crippen molar-refractivity contribution in [2.75, 3.05) is 11.9 Å². The first-order valence-corrected chi connectivity index (χ1v) is 6.10. The Morgan fingerprint density at radius 2 is 2.19 bits per heavy atom. The summed E-state index contributed by atoms with van der Waals surface area (Å²) in [5.74, 6) is 0.652. The zero-order valence-corrected chi connectivity index (χ0v) is 11.0. The number of nitrogens with two attached hydrogens (primary N) is 1. The van der Waals surface area contributed by atoms with Gasteiger partial charge in [0.15, 0.2) is 0 Å². The van der Waals surface area contributed by atoms with E-state index in [1.807, 2.05) is 12.1 Å². The Hall–Kier alpha value is -1.09. The first-order valence-electron chi connectivity index (χ1n) is 5.69. The van der Waals surface area contributed by atoms with Gasteiger partial charge in [-0.3, -0.25) is 0 Å². The summed E-state index contributed by atoms with van der Waals surface area (Å²) in [5.41, 5.74) is 8.92. The lowest BCUT2D eigenvalue weighted by Crippen LogP contribution is -2.17. The summed E-state index contributed by atoms with van der Waals surface area (Å²) in [7, 11) is 0. The summed E-state index contributed by atoms with van der Waals surface area (Å²) in [6, 6.07) is 6.02. The number of nitrogens with one attached hydrogen (secondary N) is 1. The third-order valence-corrected chi connectivity index (χ3v) is 3.08. The second-order valence-corrected chi connectivity index (χ2v) is 4.70. The van der Waals surface area contributed by atoms with Crippen LogP contribution >= 0.6 is 12.2 Å². The van der Waals surface area contributed by atoms with Crippen molar-refractivity contribution in [2.24, 2.45) is 11.7 Å². The molecule has 0 aliphatic rings. The van der Waals surface area contributed by atoms with Gasteiger partial charge in [-0.05, 0) is 24.5 Å². The summed E-state index contributed by atoms with van der Waals surface area (Å²) in [6.07, 6.45) is 1.17. The molecule has 0 aliphatic carbocycles. The molecule has 0 fully saturated rings. The Morgan fingerprint density at radius 3 is 2.75 bits per heavy atom. The van der Waals surface area contributed by atoms with Crippen LogP contribution in [0.4, 0.5) is 5.69 Å². The van der Waals surface area contributed by atoms with E-state index in [0.717, 1.165) is 17.8 Å². The van der Waals surface area contributed by atoms with E-state index in [9.17, 15) is 0 Å². The van der Waals surface area contributed by atoms with Crippen LogP contribution in [0.2, 0.25) is 0 Å². The maximum Gasteiger partial charge on any atom is 0.106 e. The van der Waals surface area contributed by atoms with E-state index in [4.69, 9.17) is 18.0 Å². The van der Waals surface area contributed by atoms with Gasteiger partial charge in [-0.2, -0.15) is 0 Å². The third kappa shape index (κ3) is 3.20. The molecule has 0 heterocycles. The predicted octanol–water partition coefficient (Wildman–Crippen LogP) is 3.09. The first-order chi connectivity index (χ1) is 7.56. The van der Waals surface area contributed by atoms with E-state index in [1.165, 1.54) is 12.0 Å². The van der Waals surface area contributed by atoms with E-state index in [1.54, 1.807) is 0 Å². The highest BCUT2D eigenvalue weighted by Crippen LogP contribution is 2.21. The van der Waals surface area contributed by atoms with Gasteiger partial charge in [-0.1, -0.05) is 44.6 Å². The fraction of sp³-hybridized carbons (Fsp3) is 0.462. The van der Waals surface area contributed by atoms with Gasteiger partial charge in [-0.15, -0.1) is 0 Å². The average molecular weight is 236 g/mol. The van der Waals surface area contributed by atoms with Crippen LogP contribution in [0.25, 0.3) is 0 Å².